The van der Waals surface area contributed by atoms with Gasteiger partial charge in [0, 0.05) is 18.7 Å². The number of aryl methyl sites for hydroxylation is 1. The summed E-state index contributed by atoms with van der Waals surface area (Å²) < 4.78 is 27.1. The van der Waals surface area contributed by atoms with Gasteiger partial charge in [0.1, 0.15) is 5.01 Å². The number of nitrogens with one attached hydrogen (secondary N) is 2. The van der Waals surface area contributed by atoms with Crippen LogP contribution in [0, 0.1) is 6.92 Å². The lowest BCUT2D eigenvalue weighted by Gasteiger charge is -2.05. The van der Waals surface area contributed by atoms with Crippen LogP contribution in [0.2, 0.25) is 0 Å². The van der Waals surface area contributed by atoms with Gasteiger partial charge >= 0.3 is 0 Å². The van der Waals surface area contributed by atoms with Crippen molar-refractivity contribution < 1.29 is 13.2 Å². The summed E-state index contributed by atoms with van der Waals surface area (Å²) in [7, 11) is -3.56. The van der Waals surface area contributed by atoms with Crippen molar-refractivity contribution in [2.24, 2.45) is 0 Å². The quantitative estimate of drug-likeness (QED) is 0.480. The van der Waals surface area contributed by atoms with Gasteiger partial charge in [0.05, 0.1) is 10.6 Å². The molecule has 158 valence electrons. The van der Waals surface area contributed by atoms with Crippen molar-refractivity contribution in [3.63, 3.8) is 0 Å². The molecule has 7 nitrogen and oxygen atoms in total. The fraction of sp³-hybridized carbons (Fsp3) is 0.250. The number of carbonyl (C=O) groups is 1. The molecular weight excluding hydrogens is 440 g/mol. The van der Waals surface area contributed by atoms with Gasteiger partial charge in [-0.15, -0.1) is 22.0 Å². The summed E-state index contributed by atoms with van der Waals surface area (Å²) in [6.45, 7) is 2.10. The standard InChI is InChI=1S/C20H22N4O3S3/c1-15-7-9-17(10-8-15)30(26,27)21-12-11-19-23-24-20(29-19)22-18(25)14-28-13-16-5-3-2-4-6-16/h2-10,21H,11-14H2,1H3,(H,22,24,25). The Morgan fingerprint density at radius 1 is 1.07 bits per heavy atom. The Hall–Kier alpha value is -2.27. The highest BCUT2D eigenvalue weighted by Crippen LogP contribution is 2.17. The van der Waals surface area contributed by atoms with Crippen molar-refractivity contribution >= 4 is 44.2 Å². The van der Waals surface area contributed by atoms with Crippen LogP contribution in [0.4, 0.5) is 5.13 Å². The minimum atomic E-state index is -3.56. The summed E-state index contributed by atoms with van der Waals surface area (Å²) in [5.74, 6) is 0.940. The van der Waals surface area contributed by atoms with E-state index in [2.05, 4.69) is 20.2 Å². The van der Waals surface area contributed by atoms with Gasteiger partial charge in [0.2, 0.25) is 21.1 Å². The predicted octanol–water partition coefficient (Wildman–Crippen LogP) is 3.24. The molecule has 1 heterocycles. The zero-order chi connectivity index (χ0) is 21.4. The van der Waals surface area contributed by atoms with E-state index in [1.807, 2.05) is 37.3 Å². The van der Waals surface area contributed by atoms with Crippen LogP contribution in [0.3, 0.4) is 0 Å². The van der Waals surface area contributed by atoms with Gasteiger partial charge in [-0.3, -0.25) is 10.1 Å². The summed E-state index contributed by atoms with van der Waals surface area (Å²) in [5.41, 5.74) is 2.16. The summed E-state index contributed by atoms with van der Waals surface area (Å²) in [6, 6.07) is 16.6. The smallest absolute Gasteiger partial charge is 0.240 e. The first-order valence-electron chi connectivity index (χ1n) is 9.22. The monoisotopic (exact) mass is 462 g/mol. The second kappa shape index (κ2) is 10.7. The molecule has 0 aliphatic rings. The highest BCUT2D eigenvalue weighted by molar-refractivity contribution is 7.99. The molecule has 0 fully saturated rings. The molecule has 30 heavy (non-hydrogen) atoms. The van der Waals surface area contributed by atoms with E-state index in [9.17, 15) is 13.2 Å². The van der Waals surface area contributed by atoms with Crippen LogP contribution in [-0.4, -0.2) is 36.8 Å². The second-order valence-electron chi connectivity index (χ2n) is 6.49. The van der Waals surface area contributed by atoms with E-state index >= 15 is 0 Å². The van der Waals surface area contributed by atoms with Gasteiger partial charge in [0.25, 0.3) is 0 Å². The predicted molar refractivity (Wildman–Crippen MR) is 121 cm³/mol. The Kier molecular flexibility index (Phi) is 7.97. The van der Waals surface area contributed by atoms with Gasteiger partial charge < -0.3 is 0 Å². The molecule has 10 heteroatoms. The Morgan fingerprint density at radius 2 is 1.80 bits per heavy atom. The van der Waals surface area contributed by atoms with E-state index in [1.165, 1.54) is 28.7 Å². The molecule has 1 aromatic heterocycles. The first-order chi connectivity index (χ1) is 14.4. The maximum atomic E-state index is 12.3. The molecule has 0 radical (unpaired) electrons. The zero-order valence-electron chi connectivity index (χ0n) is 16.4. The summed E-state index contributed by atoms with van der Waals surface area (Å²) in [6.07, 6.45) is 0.390. The third-order valence-corrected chi connectivity index (χ3v) is 7.40. The molecule has 2 N–H and O–H groups in total. The topological polar surface area (TPSA) is 101 Å². The lowest BCUT2D eigenvalue weighted by Crippen LogP contribution is -2.25. The summed E-state index contributed by atoms with van der Waals surface area (Å²) in [4.78, 5) is 12.3. The molecule has 2 aromatic carbocycles. The number of benzene rings is 2. The number of hydrogen-bond donors (Lipinski definition) is 2. The van der Waals surface area contributed by atoms with Crippen LogP contribution in [0.5, 0.6) is 0 Å². The molecule has 1 amide bonds. The average molecular weight is 463 g/mol. The minimum absolute atomic E-state index is 0.140. The lowest BCUT2D eigenvalue weighted by molar-refractivity contribution is -0.113. The van der Waals surface area contributed by atoms with Crippen molar-refractivity contribution in [2.75, 3.05) is 17.6 Å². The summed E-state index contributed by atoms with van der Waals surface area (Å²) in [5, 5.41) is 11.8. The van der Waals surface area contributed by atoms with E-state index in [4.69, 9.17) is 0 Å². The number of anilines is 1. The lowest BCUT2D eigenvalue weighted by atomic mass is 10.2. The van der Waals surface area contributed by atoms with E-state index in [0.29, 0.717) is 22.3 Å². The van der Waals surface area contributed by atoms with Crippen LogP contribution in [0.25, 0.3) is 0 Å². The Labute approximate surface area is 184 Å². The number of rotatable bonds is 10. The fourth-order valence-electron chi connectivity index (χ4n) is 2.49. The van der Waals surface area contributed by atoms with Crippen LogP contribution < -0.4 is 10.0 Å². The normalized spacial score (nSPS) is 11.4. The van der Waals surface area contributed by atoms with Crippen LogP contribution >= 0.6 is 23.1 Å². The van der Waals surface area contributed by atoms with E-state index < -0.39 is 10.0 Å². The molecule has 3 aromatic rings. The molecule has 0 aliphatic carbocycles. The molecule has 0 bridgehead atoms. The van der Waals surface area contributed by atoms with Gasteiger partial charge in [-0.25, -0.2) is 13.1 Å². The average Bonchev–Trinajstić information content (AvgIpc) is 3.16. The Bertz CT molecular complexity index is 1070. The van der Waals surface area contributed by atoms with Crippen LogP contribution in [-0.2, 0) is 27.0 Å². The van der Waals surface area contributed by atoms with Crippen LogP contribution in [0.1, 0.15) is 16.1 Å². The van der Waals surface area contributed by atoms with Crippen molar-refractivity contribution in [1.82, 2.24) is 14.9 Å². The van der Waals surface area contributed by atoms with Gasteiger partial charge in [-0.2, -0.15) is 0 Å². The molecule has 0 aliphatic heterocycles. The third-order valence-electron chi connectivity index (χ3n) is 4.02. The second-order valence-corrected chi connectivity index (χ2v) is 10.3. The van der Waals surface area contributed by atoms with Crippen molar-refractivity contribution in [1.29, 1.82) is 0 Å². The number of nitrogens with zero attached hydrogens (tertiary/aromatic N) is 2. The number of hydrogen-bond acceptors (Lipinski definition) is 7. The molecular formula is C20H22N4O3S3. The van der Waals surface area contributed by atoms with E-state index in [0.717, 1.165) is 11.3 Å². The van der Waals surface area contributed by atoms with Crippen molar-refractivity contribution in [2.45, 2.75) is 24.0 Å². The van der Waals surface area contributed by atoms with Crippen molar-refractivity contribution in [3.05, 3.63) is 70.7 Å². The number of amides is 1. The highest BCUT2D eigenvalue weighted by Gasteiger charge is 2.14. The molecule has 0 saturated heterocycles. The van der Waals surface area contributed by atoms with Gasteiger partial charge in [0.15, 0.2) is 0 Å². The molecule has 0 saturated carbocycles. The third kappa shape index (κ3) is 6.91. The maximum absolute atomic E-state index is 12.3. The largest absolute Gasteiger partial charge is 0.300 e. The first-order valence-corrected chi connectivity index (χ1v) is 12.7. The maximum Gasteiger partial charge on any atom is 0.240 e. The van der Waals surface area contributed by atoms with Gasteiger partial charge in [-0.1, -0.05) is 59.4 Å². The van der Waals surface area contributed by atoms with Gasteiger partial charge in [-0.05, 0) is 24.6 Å². The summed E-state index contributed by atoms with van der Waals surface area (Å²) >= 11 is 2.76. The first kappa shape index (κ1) is 22.4. The molecule has 0 spiro atoms. The molecule has 0 atom stereocenters. The van der Waals surface area contributed by atoms with E-state index in [1.54, 1.807) is 24.3 Å². The minimum Gasteiger partial charge on any atom is -0.300 e. The van der Waals surface area contributed by atoms with E-state index in [-0.39, 0.29) is 17.3 Å². The number of carbonyl (C=O) groups excluding carboxylic acids is 1. The number of sulfonamides is 1. The van der Waals surface area contributed by atoms with Crippen LogP contribution in [0.15, 0.2) is 59.5 Å². The zero-order valence-corrected chi connectivity index (χ0v) is 18.8. The number of thioether (sulfide) groups is 1. The highest BCUT2D eigenvalue weighted by atomic mass is 32.2. The van der Waals surface area contributed by atoms with Crippen molar-refractivity contribution in [3.8, 4) is 0 Å². The Balaban J connectivity index is 1.41. The molecule has 0 unspecified atom stereocenters. The SMILES string of the molecule is Cc1ccc(S(=O)(=O)NCCc2nnc(NC(=O)CSCc3ccccc3)s2)cc1. The molecule has 3 rings (SSSR count). The fourth-order valence-corrected chi connectivity index (χ4v) is 5.06. The number of aromatic nitrogens is 2. The Morgan fingerprint density at radius 3 is 2.53 bits per heavy atom.